The van der Waals surface area contributed by atoms with Crippen LogP contribution in [0.25, 0.3) is 16.9 Å². The van der Waals surface area contributed by atoms with Crippen LogP contribution in [-0.2, 0) is 4.74 Å². The highest BCUT2D eigenvalue weighted by Gasteiger charge is 2.22. The SMILES string of the molecule is O=C(c1ccc(Nc2nc(-c3c(F)cccc3F)n3cc[nH]c(=O)c23)cc1)N1CCOCC1. The van der Waals surface area contributed by atoms with Crippen LogP contribution in [0.4, 0.5) is 20.3 Å². The van der Waals surface area contributed by atoms with Gasteiger partial charge in [-0.15, -0.1) is 0 Å². The molecule has 0 unspecified atom stereocenters. The highest BCUT2D eigenvalue weighted by atomic mass is 19.1. The van der Waals surface area contributed by atoms with E-state index in [1.165, 1.54) is 22.9 Å². The number of aromatic amines is 1. The lowest BCUT2D eigenvalue weighted by Crippen LogP contribution is -2.40. The number of nitrogens with zero attached hydrogens (tertiary/aromatic N) is 3. The summed E-state index contributed by atoms with van der Waals surface area (Å²) in [5.74, 6) is -1.60. The molecule has 2 aromatic heterocycles. The lowest BCUT2D eigenvalue weighted by Gasteiger charge is -2.26. The number of H-pyrrole nitrogens is 1. The first kappa shape index (κ1) is 20.8. The van der Waals surface area contributed by atoms with Crippen LogP contribution >= 0.6 is 0 Å². The van der Waals surface area contributed by atoms with Gasteiger partial charge in [-0.2, -0.15) is 0 Å². The third kappa shape index (κ3) is 3.85. The molecule has 2 aromatic carbocycles. The molecule has 2 N–H and O–H groups in total. The van der Waals surface area contributed by atoms with Crippen LogP contribution in [0.15, 0.2) is 59.7 Å². The number of anilines is 2. The largest absolute Gasteiger partial charge is 0.378 e. The molecular formula is C23H19F2N5O3. The Labute approximate surface area is 186 Å². The van der Waals surface area contributed by atoms with E-state index in [9.17, 15) is 18.4 Å². The number of rotatable bonds is 4. The monoisotopic (exact) mass is 451 g/mol. The second-order valence-corrected chi connectivity index (χ2v) is 7.50. The van der Waals surface area contributed by atoms with Gasteiger partial charge in [-0.25, -0.2) is 13.8 Å². The Kier molecular flexibility index (Phi) is 5.35. The second kappa shape index (κ2) is 8.47. The average Bonchev–Trinajstić information content (AvgIpc) is 3.19. The maximum Gasteiger partial charge on any atom is 0.276 e. The van der Waals surface area contributed by atoms with Crippen LogP contribution in [-0.4, -0.2) is 51.5 Å². The third-order valence-electron chi connectivity index (χ3n) is 5.44. The lowest BCUT2D eigenvalue weighted by molar-refractivity contribution is 0.0303. The predicted molar refractivity (Wildman–Crippen MR) is 118 cm³/mol. The molecule has 4 aromatic rings. The summed E-state index contributed by atoms with van der Waals surface area (Å²) in [7, 11) is 0. The molecule has 33 heavy (non-hydrogen) atoms. The van der Waals surface area contributed by atoms with E-state index in [0.717, 1.165) is 12.1 Å². The number of morpholine rings is 1. The summed E-state index contributed by atoms with van der Waals surface area (Å²) in [5.41, 5.74) is 0.359. The van der Waals surface area contributed by atoms with Crippen molar-refractivity contribution in [2.45, 2.75) is 0 Å². The normalized spacial score (nSPS) is 13.9. The van der Waals surface area contributed by atoms with Gasteiger partial charge in [0.2, 0.25) is 0 Å². The van der Waals surface area contributed by atoms with E-state index in [2.05, 4.69) is 15.3 Å². The number of carbonyl (C=O) groups is 1. The fourth-order valence-electron chi connectivity index (χ4n) is 3.81. The molecule has 1 saturated heterocycles. The molecule has 0 saturated carbocycles. The van der Waals surface area contributed by atoms with Gasteiger partial charge in [0, 0.05) is 36.7 Å². The number of benzene rings is 2. The average molecular weight is 451 g/mol. The van der Waals surface area contributed by atoms with Crippen molar-refractivity contribution in [2.24, 2.45) is 0 Å². The molecule has 10 heteroatoms. The van der Waals surface area contributed by atoms with Gasteiger partial charge in [-0.05, 0) is 36.4 Å². The highest BCUT2D eigenvalue weighted by molar-refractivity contribution is 5.94. The van der Waals surface area contributed by atoms with Gasteiger partial charge < -0.3 is 19.9 Å². The van der Waals surface area contributed by atoms with Gasteiger partial charge in [0.1, 0.15) is 11.6 Å². The number of ether oxygens (including phenoxy) is 1. The van der Waals surface area contributed by atoms with E-state index < -0.39 is 17.2 Å². The van der Waals surface area contributed by atoms with Gasteiger partial charge in [0.15, 0.2) is 17.2 Å². The van der Waals surface area contributed by atoms with Crippen molar-refractivity contribution in [2.75, 3.05) is 31.6 Å². The fourth-order valence-corrected chi connectivity index (χ4v) is 3.81. The zero-order valence-corrected chi connectivity index (χ0v) is 17.3. The molecule has 0 bridgehead atoms. The minimum Gasteiger partial charge on any atom is -0.378 e. The van der Waals surface area contributed by atoms with Gasteiger partial charge in [0.25, 0.3) is 11.5 Å². The zero-order valence-electron chi connectivity index (χ0n) is 17.3. The molecule has 1 fully saturated rings. The molecule has 1 aliphatic rings. The quantitative estimate of drug-likeness (QED) is 0.497. The van der Waals surface area contributed by atoms with E-state index in [1.54, 1.807) is 29.2 Å². The Balaban J connectivity index is 1.50. The van der Waals surface area contributed by atoms with Crippen LogP contribution in [0.2, 0.25) is 0 Å². The Morgan fingerprint density at radius 3 is 2.45 bits per heavy atom. The van der Waals surface area contributed by atoms with Crippen molar-refractivity contribution in [3.05, 3.63) is 82.4 Å². The van der Waals surface area contributed by atoms with Gasteiger partial charge in [-0.1, -0.05) is 6.07 Å². The Morgan fingerprint density at radius 1 is 1.06 bits per heavy atom. The molecule has 0 radical (unpaired) electrons. The summed E-state index contributed by atoms with van der Waals surface area (Å²) in [4.78, 5) is 33.8. The van der Waals surface area contributed by atoms with E-state index in [0.29, 0.717) is 37.6 Å². The second-order valence-electron chi connectivity index (χ2n) is 7.50. The Hall–Kier alpha value is -4.05. The summed E-state index contributed by atoms with van der Waals surface area (Å²) in [5, 5.41) is 3.02. The third-order valence-corrected chi connectivity index (χ3v) is 5.44. The summed E-state index contributed by atoms with van der Waals surface area (Å²) < 4.78 is 35.5. The van der Waals surface area contributed by atoms with E-state index in [1.807, 2.05) is 0 Å². The molecule has 168 valence electrons. The predicted octanol–water partition coefficient (Wildman–Crippen LogP) is 3.18. The molecule has 3 heterocycles. The van der Waals surface area contributed by atoms with Crippen LogP contribution < -0.4 is 10.9 Å². The number of carbonyl (C=O) groups excluding carboxylic acids is 1. The van der Waals surface area contributed by atoms with Crippen molar-refractivity contribution >= 4 is 22.9 Å². The molecule has 0 spiro atoms. The maximum absolute atomic E-state index is 14.4. The van der Waals surface area contributed by atoms with Crippen molar-refractivity contribution in [1.82, 2.24) is 19.3 Å². The first-order valence-electron chi connectivity index (χ1n) is 10.3. The number of halogens is 2. The first-order valence-corrected chi connectivity index (χ1v) is 10.3. The molecule has 0 aliphatic carbocycles. The highest BCUT2D eigenvalue weighted by Crippen LogP contribution is 2.29. The minimum absolute atomic E-state index is 0.0479. The van der Waals surface area contributed by atoms with E-state index in [4.69, 9.17) is 4.74 Å². The summed E-state index contributed by atoms with van der Waals surface area (Å²) in [6, 6.07) is 10.2. The molecule has 0 atom stereocenters. The van der Waals surface area contributed by atoms with Crippen LogP contribution in [0, 0.1) is 11.6 Å². The maximum atomic E-state index is 14.4. The van der Waals surface area contributed by atoms with Crippen molar-refractivity contribution < 1.29 is 18.3 Å². The molecule has 8 nitrogen and oxygen atoms in total. The molecule has 1 aliphatic heterocycles. The standard InChI is InChI=1S/C23H19F2N5O3/c24-16-2-1-3-17(25)18(16)21-28-20(19-22(31)26-8-9-30(19)21)27-15-6-4-14(5-7-15)23(32)29-10-12-33-13-11-29/h1-9,27H,10-13H2,(H,26,31). The lowest BCUT2D eigenvalue weighted by atomic mass is 10.1. The minimum atomic E-state index is -0.792. The van der Waals surface area contributed by atoms with Gasteiger partial charge >= 0.3 is 0 Å². The van der Waals surface area contributed by atoms with Crippen LogP contribution in [0.1, 0.15) is 10.4 Å². The summed E-state index contributed by atoms with van der Waals surface area (Å²) >= 11 is 0. The van der Waals surface area contributed by atoms with Gasteiger partial charge in [0.05, 0.1) is 18.8 Å². The Morgan fingerprint density at radius 2 is 1.76 bits per heavy atom. The first-order chi connectivity index (χ1) is 16.0. The molecule has 5 rings (SSSR count). The number of hydrogen-bond acceptors (Lipinski definition) is 5. The zero-order chi connectivity index (χ0) is 22.9. The van der Waals surface area contributed by atoms with Crippen LogP contribution in [0.3, 0.4) is 0 Å². The summed E-state index contributed by atoms with van der Waals surface area (Å²) in [6.45, 7) is 2.10. The van der Waals surface area contributed by atoms with Crippen LogP contribution in [0.5, 0.6) is 0 Å². The van der Waals surface area contributed by atoms with Crippen molar-refractivity contribution in [1.29, 1.82) is 0 Å². The fraction of sp³-hybridized carbons (Fsp3) is 0.174. The Bertz CT molecular complexity index is 1370. The number of imidazole rings is 1. The van der Waals surface area contributed by atoms with E-state index >= 15 is 0 Å². The van der Waals surface area contributed by atoms with Crippen molar-refractivity contribution in [3.63, 3.8) is 0 Å². The molecule has 1 amide bonds. The topological polar surface area (TPSA) is 91.7 Å². The summed E-state index contributed by atoms with van der Waals surface area (Å²) in [6.07, 6.45) is 2.84. The number of fused-ring (bicyclic) bond motifs is 1. The number of aromatic nitrogens is 3. The number of amides is 1. The number of nitrogens with one attached hydrogen (secondary N) is 2. The smallest absolute Gasteiger partial charge is 0.276 e. The van der Waals surface area contributed by atoms with Gasteiger partial charge in [-0.3, -0.25) is 14.0 Å². The van der Waals surface area contributed by atoms with E-state index in [-0.39, 0.29) is 28.6 Å². The molecular weight excluding hydrogens is 432 g/mol. The van der Waals surface area contributed by atoms with Crippen molar-refractivity contribution in [3.8, 4) is 11.4 Å². The number of hydrogen-bond donors (Lipinski definition) is 2.